The van der Waals surface area contributed by atoms with Crippen LogP contribution in [0.2, 0.25) is 0 Å². The Morgan fingerprint density at radius 1 is 1.43 bits per heavy atom. The van der Waals surface area contributed by atoms with Gasteiger partial charge in [-0.2, -0.15) is 5.10 Å². The van der Waals surface area contributed by atoms with Gasteiger partial charge in [0, 0.05) is 30.5 Å². The van der Waals surface area contributed by atoms with E-state index >= 15 is 0 Å². The van der Waals surface area contributed by atoms with Crippen LogP contribution in [0.3, 0.4) is 0 Å². The summed E-state index contributed by atoms with van der Waals surface area (Å²) in [6.45, 7) is 0. The maximum absolute atomic E-state index is 12.8. The van der Waals surface area contributed by atoms with Crippen LogP contribution in [0.15, 0.2) is 6.07 Å². The molecule has 0 radical (unpaired) electrons. The van der Waals surface area contributed by atoms with Gasteiger partial charge in [0.15, 0.2) is 0 Å². The van der Waals surface area contributed by atoms with E-state index in [2.05, 4.69) is 10.2 Å². The zero-order valence-electron chi connectivity index (χ0n) is 7.76. The lowest BCUT2D eigenvalue weighted by molar-refractivity contribution is -0.0384. The van der Waals surface area contributed by atoms with Gasteiger partial charge in [0.2, 0.25) is 5.92 Å². The Labute approximate surface area is 80.7 Å². The average Bonchev–Trinajstić information content (AvgIpc) is 2.52. The van der Waals surface area contributed by atoms with Crippen LogP contribution in [0.4, 0.5) is 14.6 Å². The summed E-state index contributed by atoms with van der Waals surface area (Å²) in [4.78, 5) is 0. The van der Waals surface area contributed by atoms with E-state index in [1.165, 1.54) is 0 Å². The normalized spacial score (nSPS) is 22.4. The van der Waals surface area contributed by atoms with Gasteiger partial charge >= 0.3 is 0 Å². The van der Waals surface area contributed by atoms with Gasteiger partial charge in [-0.15, -0.1) is 0 Å². The lowest BCUT2D eigenvalue weighted by Gasteiger charge is -2.27. The molecule has 14 heavy (non-hydrogen) atoms. The van der Waals surface area contributed by atoms with Crippen molar-refractivity contribution in [3.05, 3.63) is 11.8 Å². The van der Waals surface area contributed by atoms with E-state index in [-0.39, 0.29) is 18.8 Å². The first-order valence-corrected chi connectivity index (χ1v) is 4.75. The standard InChI is InChI=1S/C9H13F2N3/c10-9(11)3-1-6(2-4-9)7-5-8(12)14-13-7/h5-6H,1-4H2,(H3,12,13,14). The van der Waals surface area contributed by atoms with Crippen molar-refractivity contribution in [2.45, 2.75) is 37.5 Å². The lowest BCUT2D eigenvalue weighted by atomic mass is 9.85. The summed E-state index contributed by atoms with van der Waals surface area (Å²) in [5, 5.41) is 6.58. The molecule has 0 amide bonds. The van der Waals surface area contributed by atoms with Gasteiger partial charge in [0.1, 0.15) is 5.82 Å². The summed E-state index contributed by atoms with van der Waals surface area (Å²) in [5.41, 5.74) is 6.34. The fourth-order valence-electron chi connectivity index (χ4n) is 1.91. The molecule has 3 nitrogen and oxygen atoms in total. The number of nitrogens with one attached hydrogen (secondary N) is 1. The number of nitrogens with zero attached hydrogens (tertiary/aromatic N) is 1. The molecule has 1 aliphatic rings. The Morgan fingerprint density at radius 2 is 2.07 bits per heavy atom. The zero-order chi connectivity index (χ0) is 10.2. The van der Waals surface area contributed by atoms with Crippen LogP contribution in [0, 0.1) is 0 Å². The Hall–Kier alpha value is -1.13. The summed E-state index contributed by atoms with van der Waals surface area (Å²) >= 11 is 0. The maximum Gasteiger partial charge on any atom is 0.248 e. The largest absolute Gasteiger partial charge is 0.382 e. The van der Waals surface area contributed by atoms with E-state index in [1.54, 1.807) is 6.07 Å². The number of anilines is 1. The van der Waals surface area contributed by atoms with Gasteiger partial charge in [-0.3, -0.25) is 5.10 Å². The van der Waals surface area contributed by atoms with Crippen molar-refractivity contribution in [2.24, 2.45) is 0 Å². The second kappa shape index (κ2) is 3.22. The van der Waals surface area contributed by atoms with E-state index in [9.17, 15) is 8.78 Å². The molecule has 3 N–H and O–H groups in total. The van der Waals surface area contributed by atoms with Crippen LogP contribution in [0.5, 0.6) is 0 Å². The molecule has 1 heterocycles. The minimum absolute atomic E-state index is 0.0312. The van der Waals surface area contributed by atoms with Crippen LogP contribution in [0.25, 0.3) is 0 Å². The van der Waals surface area contributed by atoms with Crippen LogP contribution in [0.1, 0.15) is 37.3 Å². The smallest absolute Gasteiger partial charge is 0.248 e. The minimum atomic E-state index is -2.47. The number of alkyl halides is 2. The van der Waals surface area contributed by atoms with Crippen LogP contribution in [-0.4, -0.2) is 16.1 Å². The fraction of sp³-hybridized carbons (Fsp3) is 0.667. The number of hydrogen-bond acceptors (Lipinski definition) is 2. The lowest BCUT2D eigenvalue weighted by Crippen LogP contribution is -2.23. The third-order valence-electron chi connectivity index (χ3n) is 2.77. The molecular weight excluding hydrogens is 188 g/mol. The highest BCUT2D eigenvalue weighted by atomic mass is 19.3. The molecule has 0 aromatic carbocycles. The molecule has 0 unspecified atom stereocenters. The predicted molar refractivity (Wildman–Crippen MR) is 49.2 cm³/mol. The summed E-state index contributed by atoms with van der Waals surface area (Å²) in [5.74, 6) is -1.88. The molecule has 78 valence electrons. The molecule has 1 aliphatic carbocycles. The Morgan fingerprint density at radius 3 is 2.57 bits per heavy atom. The highest BCUT2D eigenvalue weighted by molar-refractivity contribution is 5.30. The van der Waals surface area contributed by atoms with Crippen molar-refractivity contribution in [3.8, 4) is 0 Å². The number of rotatable bonds is 1. The molecule has 1 fully saturated rings. The second-order valence-electron chi connectivity index (χ2n) is 3.88. The van der Waals surface area contributed by atoms with Crippen molar-refractivity contribution in [1.82, 2.24) is 10.2 Å². The first-order valence-electron chi connectivity index (χ1n) is 4.75. The highest BCUT2D eigenvalue weighted by Crippen LogP contribution is 2.40. The minimum Gasteiger partial charge on any atom is -0.382 e. The van der Waals surface area contributed by atoms with E-state index in [4.69, 9.17) is 5.73 Å². The number of hydrogen-bond donors (Lipinski definition) is 2. The molecule has 1 saturated carbocycles. The topological polar surface area (TPSA) is 54.7 Å². The number of halogens is 2. The number of nitrogens with two attached hydrogens (primary N) is 1. The molecule has 0 spiro atoms. The Balaban J connectivity index is 2.02. The van der Waals surface area contributed by atoms with Crippen molar-refractivity contribution in [3.63, 3.8) is 0 Å². The summed E-state index contributed by atoms with van der Waals surface area (Å²) in [7, 11) is 0. The highest BCUT2D eigenvalue weighted by Gasteiger charge is 2.35. The van der Waals surface area contributed by atoms with Crippen molar-refractivity contribution in [1.29, 1.82) is 0 Å². The second-order valence-corrected chi connectivity index (χ2v) is 3.88. The molecule has 1 aromatic rings. The van der Waals surface area contributed by atoms with E-state index < -0.39 is 5.92 Å². The monoisotopic (exact) mass is 201 g/mol. The zero-order valence-corrected chi connectivity index (χ0v) is 7.76. The van der Waals surface area contributed by atoms with Gasteiger partial charge in [0.25, 0.3) is 0 Å². The van der Waals surface area contributed by atoms with E-state index in [0.717, 1.165) is 5.69 Å². The Kier molecular flexibility index (Phi) is 2.17. The van der Waals surface area contributed by atoms with Crippen LogP contribution < -0.4 is 5.73 Å². The molecular formula is C9H13F2N3. The molecule has 1 aromatic heterocycles. The molecule has 0 atom stereocenters. The third kappa shape index (κ3) is 1.86. The molecule has 5 heteroatoms. The summed E-state index contributed by atoms with van der Waals surface area (Å²) in [6.07, 6.45) is 0.955. The molecule has 0 bridgehead atoms. The maximum atomic E-state index is 12.8. The number of nitrogen functional groups attached to an aromatic ring is 1. The van der Waals surface area contributed by atoms with Gasteiger partial charge < -0.3 is 5.73 Å². The SMILES string of the molecule is Nc1cc(C2CCC(F)(F)CC2)[nH]n1. The third-order valence-corrected chi connectivity index (χ3v) is 2.77. The fourth-order valence-corrected chi connectivity index (χ4v) is 1.91. The van der Waals surface area contributed by atoms with Crippen molar-refractivity contribution < 1.29 is 8.78 Å². The summed E-state index contributed by atoms with van der Waals surface area (Å²) in [6, 6.07) is 1.73. The number of aromatic amines is 1. The van der Waals surface area contributed by atoms with Gasteiger partial charge in [-0.1, -0.05) is 0 Å². The van der Waals surface area contributed by atoms with Gasteiger partial charge in [-0.05, 0) is 12.8 Å². The first-order chi connectivity index (χ1) is 6.57. The number of H-pyrrole nitrogens is 1. The molecule has 0 aliphatic heterocycles. The predicted octanol–water partition coefficient (Wildman–Crippen LogP) is 2.28. The average molecular weight is 201 g/mol. The van der Waals surface area contributed by atoms with Gasteiger partial charge in [0.05, 0.1) is 0 Å². The van der Waals surface area contributed by atoms with Crippen molar-refractivity contribution >= 4 is 5.82 Å². The summed E-state index contributed by atoms with van der Waals surface area (Å²) < 4.78 is 25.7. The quantitative estimate of drug-likeness (QED) is 0.732. The van der Waals surface area contributed by atoms with Gasteiger partial charge in [-0.25, -0.2) is 8.78 Å². The van der Waals surface area contributed by atoms with E-state index in [1.807, 2.05) is 0 Å². The van der Waals surface area contributed by atoms with Crippen LogP contribution in [-0.2, 0) is 0 Å². The number of aromatic nitrogens is 2. The van der Waals surface area contributed by atoms with E-state index in [0.29, 0.717) is 18.7 Å². The first kappa shape index (κ1) is 9.43. The molecule has 0 saturated heterocycles. The van der Waals surface area contributed by atoms with Crippen molar-refractivity contribution in [2.75, 3.05) is 5.73 Å². The molecule has 2 rings (SSSR count). The van der Waals surface area contributed by atoms with Crippen LogP contribution >= 0.6 is 0 Å². The Bertz CT molecular complexity index is 312.